The average molecular weight is 287 g/mol. The van der Waals surface area contributed by atoms with Crippen molar-refractivity contribution in [2.75, 3.05) is 25.0 Å². The van der Waals surface area contributed by atoms with Gasteiger partial charge < -0.3 is 10.2 Å². The van der Waals surface area contributed by atoms with Crippen molar-refractivity contribution >= 4 is 5.82 Å². The van der Waals surface area contributed by atoms with Gasteiger partial charge in [-0.3, -0.25) is 0 Å². The number of aromatic nitrogens is 1. The Morgan fingerprint density at radius 2 is 1.95 bits per heavy atom. The number of pyridine rings is 1. The SMILES string of the molecule is CNC(C)C1CCN(c2cccc(C(F)(F)F)n2)CC1. The van der Waals surface area contributed by atoms with Gasteiger partial charge in [0, 0.05) is 19.1 Å². The van der Waals surface area contributed by atoms with Gasteiger partial charge in [0.2, 0.25) is 0 Å². The van der Waals surface area contributed by atoms with Crippen LogP contribution in [0.1, 0.15) is 25.5 Å². The molecule has 1 aromatic heterocycles. The highest BCUT2D eigenvalue weighted by Gasteiger charge is 2.33. The van der Waals surface area contributed by atoms with Crippen LogP contribution in [0.2, 0.25) is 0 Å². The van der Waals surface area contributed by atoms with E-state index >= 15 is 0 Å². The number of alkyl halides is 3. The first-order valence-electron chi connectivity index (χ1n) is 6.88. The van der Waals surface area contributed by atoms with Gasteiger partial charge in [-0.1, -0.05) is 6.07 Å². The fraction of sp³-hybridized carbons (Fsp3) is 0.643. The van der Waals surface area contributed by atoms with E-state index in [4.69, 9.17) is 0 Å². The van der Waals surface area contributed by atoms with Crippen LogP contribution in [-0.2, 0) is 6.18 Å². The quantitative estimate of drug-likeness (QED) is 0.926. The molecule has 0 saturated carbocycles. The second-order valence-electron chi connectivity index (χ2n) is 5.28. The third-order valence-electron chi connectivity index (χ3n) is 4.05. The molecule has 1 aliphatic heterocycles. The Balaban J connectivity index is 2.04. The Labute approximate surface area is 117 Å². The number of hydrogen-bond acceptors (Lipinski definition) is 3. The summed E-state index contributed by atoms with van der Waals surface area (Å²) in [6.45, 7) is 3.65. The topological polar surface area (TPSA) is 28.2 Å². The number of anilines is 1. The van der Waals surface area contributed by atoms with E-state index in [2.05, 4.69) is 17.2 Å². The van der Waals surface area contributed by atoms with E-state index in [0.717, 1.165) is 32.0 Å². The lowest BCUT2D eigenvalue weighted by Crippen LogP contribution is -2.41. The summed E-state index contributed by atoms with van der Waals surface area (Å²) in [5.41, 5.74) is -0.819. The summed E-state index contributed by atoms with van der Waals surface area (Å²) < 4.78 is 38.0. The highest BCUT2D eigenvalue weighted by molar-refractivity contribution is 5.40. The van der Waals surface area contributed by atoms with Crippen LogP contribution in [0.3, 0.4) is 0 Å². The number of hydrogen-bond donors (Lipinski definition) is 1. The third-order valence-corrected chi connectivity index (χ3v) is 4.05. The van der Waals surface area contributed by atoms with Crippen LogP contribution in [-0.4, -0.2) is 31.2 Å². The zero-order valence-corrected chi connectivity index (χ0v) is 11.7. The van der Waals surface area contributed by atoms with Crippen molar-refractivity contribution in [1.82, 2.24) is 10.3 Å². The number of piperidine rings is 1. The fourth-order valence-corrected chi connectivity index (χ4v) is 2.62. The summed E-state index contributed by atoms with van der Waals surface area (Å²) in [6.07, 6.45) is -2.44. The molecule has 1 saturated heterocycles. The third kappa shape index (κ3) is 3.42. The molecule has 0 aliphatic carbocycles. The molecular weight excluding hydrogens is 267 g/mol. The minimum absolute atomic E-state index is 0.426. The highest BCUT2D eigenvalue weighted by atomic mass is 19.4. The first-order valence-corrected chi connectivity index (χ1v) is 6.88. The Morgan fingerprint density at radius 1 is 1.30 bits per heavy atom. The average Bonchev–Trinajstić information content (AvgIpc) is 2.46. The van der Waals surface area contributed by atoms with Crippen molar-refractivity contribution in [2.45, 2.75) is 32.0 Å². The zero-order valence-electron chi connectivity index (χ0n) is 11.7. The fourth-order valence-electron chi connectivity index (χ4n) is 2.62. The molecule has 0 aromatic carbocycles. The smallest absolute Gasteiger partial charge is 0.357 e. The molecular formula is C14H20F3N3. The molecule has 1 aromatic rings. The van der Waals surface area contributed by atoms with E-state index in [-0.39, 0.29) is 0 Å². The monoisotopic (exact) mass is 287 g/mol. The van der Waals surface area contributed by atoms with Crippen LogP contribution in [0.15, 0.2) is 18.2 Å². The maximum atomic E-state index is 12.7. The summed E-state index contributed by atoms with van der Waals surface area (Å²) in [7, 11) is 1.94. The minimum atomic E-state index is -4.38. The molecule has 1 unspecified atom stereocenters. The normalized spacial score (nSPS) is 19.1. The van der Waals surface area contributed by atoms with Crippen molar-refractivity contribution in [3.63, 3.8) is 0 Å². The van der Waals surface area contributed by atoms with Crippen LogP contribution >= 0.6 is 0 Å². The first-order chi connectivity index (χ1) is 9.41. The molecule has 6 heteroatoms. The van der Waals surface area contributed by atoms with Gasteiger partial charge in [0.25, 0.3) is 0 Å². The summed E-state index contributed by atoms with van der Waals surface area (Å²) >= 11 is 0. The molecule has 112 valence electrons. The second kappa shape index (κ2) is 5.99. The Bertz CT molecular complexity index is 440. The van der Waals surface area contributed by atoms with E-state index < -0.39 is 11.9 Å². The standard InChI is InChI=1S/C14H20F3N3/c1-10(18-2)11-6-8-20(9-7-11)13-5-3-4-12(19-13)14(15,16)17/h3-5,10-11,18H,6-9H2,1-2H3. The lowest BCUT2D eigenvalue weighted by atomic mass is 9.90. The van der Waals surface area contributed by atoms with Gasteiger partial charge in [0.05, 0.1) is 0 Å². The number of nitrogens with one attached hydrogen (secondary N) is 1. The van der Waals surface area contributed by atoms with Crippen LogP contribution in [0, 0.1) is 5.92 Å². The molecule has 0 radical (unpaired) electrons. The second-order valence-corrected chi connectivity index (χ2v) is 5.28. The van der Waals surface area contributed by atoms with Gasteiger partial charge in [0.1, 0.15) is 11.5 Å². The van der Waals surface area contributed by atoms with Gasteiger partial charge >= 0.3 is 6.18 Å². The van der Waals surface area contributed by atoms with Gasteiger partial charge in [0.15, 0.2) is 0 Å². The van der Waals surface area contributed by atoms with Crippen LogP contribution in [0.5, 0.6) is 0 Å². The Kier molecular flexibility index (Phi) is 4.52. The zero-order chi connectivity index (χ0) is 14.8. The number of rotatable bonds is 3. The molecule has 0 amide bonds. The minimum Gasteiger partial charge on any atom is -0.357 e. The molecule has 20 heavy (non-hydrogen) atoms. The number of halogens is 3. The summed E-state index contributed by atoms with van der Waals surface area (Å²) in [6, 6.07) is 4.52. The molecule has 2 rings (SSSR count). The lowest BCUT2D eigenvalue weighted by Gasteiger charge is -2.35. The van der Waals surface area contributed by atoms with Crippen molar-refractivity contribution in [2.24, 2.45) is 5.92 Å². The molecule has 0 bridgehead atoms. The van der Waals surface area contributed by atoms with Crippen molar-refractivity contribution in [3.05, 3.63) is 23.9 Å². The van der Waals surface area contributed by atoms with E-state index in [9.17, 15) is 13.2 Å². The van der Waals surface area contributed by atoms with Gasteiger partial charge in [-0.05, 0) is 44.9 Å². The van der Waals surface area contributed by atoms with Gasteiger partial charge in [-0.15, -0.1) is 0 Å². The number of nitrogens with zero attached hydrogens (tertiary/aromatic N) is 2. The molecule has 1 aliphatic rings. The van der Waals surface area contributed by atoms with Crippen LogP contribution in [0.4, 0.5) is 19.0 Å². The predicted molar refractivity (Wildman–Crippen MR) is 72.7 cm³/mol. The van der Waals surface area contributed by atoms with E-state index in [0.29, 0.717) is 17.8 Å². The van der Waals surface area contributed by atoms with Crippen molar-refractivity contribution < 1.29 is 13.2 Å². The highest BCUT2D eigenvalue weighted by Crippen LogP contribution is 2.30. The van der Waals surface area contributed by atoms with Gasteiger partial charge in [-0.25, -0.2) is 4.98 Å². The van der Waals surface area contributed by atoms with Gasteiger partial charge in [-0.2, -0.15) is 13.2 Å². The summed E-state index contributed by atoms with van der Waals surface area (Å²) in [5, 5.41) is 3.24. The summed E-state index contributed by atoms with van der Waals surface area (Å²) in [5.74, 6) is 0.998. The summed E-state index contributed by atoms with van der Waals surface area (Å²) in [4.78, 5) is 5.68. The Hall–Kier alpha value is -1.30. The lowest BCUT2D eigenvalue weighted by molar-refractivity contribution is -0.141. The molecule has 0 spiro atoms. The van der Waals surface area contributed by atoms with Crippen LogP contribution in [0.25, 0.3) is 0 Å². The van der Waals surface area contributed by atoms with E-state index in [1.54, 1.807) is 6.07 Å². The molecule has 2 heterocycles. The first kappa shape index (κ1) is 15.1. The molecule has 1 fully saturated rings. The van der Waals surface area contributed by atoms with E-state index in [1.165, 1.54) is 6.07 Å². The van der Waals surface area contributed by atoms with Crippen molar-refractivity contribution in [3.8, 4) is 0 Å². The molecule has 3 nitrogen and oxygen atoms in total. The van der Waals surface area contributed by atoms with E-state index in [1.807, 2.05) is 11.9 Å². The maximum Gasteiger partial charge on any atom is 0.433 e. The Morgan fingerprint density at radius 3 is 2.50 bits per heavy atom. The van der Waals surface area contributed by atoms with Crippen LogP contribution < -0.4 is 10.2 Å². The van der Waals surface area contributed by atoms with Crippen molar-refractivity contribution in [1.29, 1.82) is 0 Å². The maximum absolute atomic E-state index is 12.7. The molecule has 1 N–H and O–H groups in total. The largest absolute Gasteiger partial charge is 0.433 e. The predicted octanol–water partition coefficient (Wildman–Crippen LogP) is 2.92. The molecule has 1 atom stereocenters.